The number of terminal acetylenes is 1. The van der Waals surface area contributed by atoms with Crippen LogP contribution in [0.3, 0.4) is 0 Å². The van der Waals surface area contributed by atoms with Gasteiger partial charge >= 0.3 is 0 Å². The van der Waals surface area contributed by atoms with Crippen molar-refractivity contribution in [3.05, 3.63) is 29.8 Å². The maximum atomic E-state index is 13.0. The SMILES string of the molecule is C#CCN(C(=O)c1cccc(S(=O)(=O)N(C)C(C)C)c1)C1CCCCC1. The summed E-state index contributed by atoms with van der Waals surface area (Å²) in [5.74, 6) is 2.38. The van der Waals surface area contributed by atoms with Crippen LogP contribution in [0.1, 0.15) is 56.3 Å². The zero-order valence-electron chi connectivity index (χ0n) is 15.8. The van der Waals surface area contributed by atoms with Gasteiger partial charge in [0.05, 0.1) is 11.4 Å². The quantitative estimate of drug-likeness (QED) is 0.717. The van der Waals surface area contributed by atoms with Gasteiger partial charge in [-0.15, -0.1) is 6.42 Å². The van der Waals surface area contributed by atoms with E-state index in [-0.39, 0.29) is 29.4 Å². The van der Waals surface area contributed by atoms with Gasteiger partial charge in [0.1, 0.15) is 0 Å². The molecule has 0 atom stereocenters. The molecule has 1 saturated carbocycles. The molecule has 0 N–H and O–H groups in total. The largest absolute Gasteiger partial charge is 0.325 e. The van der Waals surface area contributed by atoms with Gasteiger partial charge in [-0.3, -0.25) is 4.79 Å². The van der Waals surface area contributed by atoms with Crippen LogP contribution in [-0.2, 0) is 10.0 Å². The number of carbonyl (C=O) groups is 1. The second-order valence-corrected chi connectivity index (χ2v) is 9.07. The van der Waals surface area contributed by atoms with E-state index in [1.165, 1.54) is 22.9 Å². The summed E-state index contributed by atoms with van der Waals surface area (Å²) in [5.41, 5.74) is 0.365. The Morgan fingerprint density at radius 2 is 1.92 bits per heavy atom. The first-order valence-corrected chi connectivity index (χ1v) is 10.6. The van der Waals surface area contributed by atoms with Gasteiger partial charge in [0.25, 0.3) is 5.91 Å². The van der Waals surface area contributed by atoms with E-state index in [2.05, 4.69) is 5.92 Å². The van der Waals surface area contributed by atoms with Crippen molar-refractivity contribution in [2.24, 2.45) is 0 Å². The average molecular weight is 377 g/mol. The Kier molecular flexibility index (Phi) is 6.85. The van der Waals surface area contributed by atoms with Gasteiger partial charge in [0, 0.05) is 24.7 Å². The molecule has 1 aliphatic carbocycles. The van der Waals surface area contributed by atoms with Crippen molar-refractivity contribution < 1.29 is 13.2 Å². The molecule has 26 heavy (non-hydrogen) atoms. The predicted octanol–water partition coefficient (Wildman–Crippen LogP) is 3.12. The highest BCUT2D eigenvalue weighted by Crippen LogP contribution is 2.25. The fraction of sp³-hybridized carbons (Fsp3) is 0.550. The maximum Gasteiger partial charge on any atom is 0.254 e. The first-order valence-electron chi connectivity index (χ1n) is 9.11. The molecule has 142 valence electrons. The summed E-state index contributed by atoms with van der Waals surface area (Å²) in [6, 6.07) is 6.22. The lowest BCUT2D eigenvalue weighted by Gasteiger charge is -2.33. The standard InChI is InChI=1S/C20H28N2O3S/c1-5-14-22(18-11-7-6-8-12-18)20(23)17-10-9-13-19(15-17)26(24,25)21(4)16(2)3/h1,9-10,13,15-16,18H,6-8,11-12,14H2,2-4H3. The van der Waals surface area contributed by atoms with Crippen LogP contribution in [0.15, 0.2) is 29.2 Å². The van der Waals surface area contributed by atoms with Crippen molar-refractivity contribution >= 4 is 15.9 Å². The minimum Gasteiger partial charge on any atom is -0.325 e. The zero-order chi connectivity index (χ0) is 19.3. The Hall–Kier alpha value is -1.84. The van der Waals surface area contributed by atoms with E-state index in [1.807, 2.05) is 13.8 Å². The van der Waals surface area contributed by atoms with Gasteiger partial charge in [-0.1, -0.05) is 31.2 Å². The molecule has 0 saturated heterocycles. The lowest BCUT2D eigenvalue weighted by atomic mass is 9.93. The third-order valence-electron chi connectivity index (χ3n) is 5.02. The highest BCUT2D eigenvalue weighted by atomic mass is 32.2. The first kappa shape index (κ1) is 20.5. The fourth-order valence-electron chi connectivity index (χ4n) is 3.26. The summed E-state index contributed by atoms with van der Waals surface area (Å²) in [6.07, 6.45) is 10.7. The van der Waals surface area contributed by atoms with Gasteiger partial charge in [-0.05, 0) is 44.9 Å². The van der Waals surface area contributed by atoms with E-state index >= 15 is 0 Å². The second kappa shape index (κ2) is 8.70. The molecule has 0 aliphatic heterocycles. The number of hydrogen-bond donors (Lipinski definition) is 0. The van der Waals surface area contributed by atoms with E-state index in [4.69, 9.17) is 6.42 Å². The number of amides is 1. The summed E-state index contributed by atoms with van der Waals surface area (Å²) >= 11 is 0. The Bertz CT molecular complexity index is 774. The van der Waals surface area contributed by atoms with E-state index in [9.17, 15) is 13.2 Å². The minimum absolute atomic E-state index is 0.129. The van der Waals surface area contributed by atoms with Crippen LogP contribution in [0.25, 0.3) is 0 Å². The molecule has 1 aromatic carbocycles. The summed E-state index contributed by atoms with van der Waals surface area (Å²) in [5, 5.41) is 0. The maximum absolute atomic E-state index is 13.0. The summed E-state index contributed by atoms with van der Waals surface area (Å²) in [4.78, 5) is 14.9. The number of hydrogen-bond acceptors (Lipinski definition) is 3. The molecule has 1 aliphatic rings. The van der Waals surface area contributed by atoms with Crippen molar-refractivity contribution in [3.8, 4) is 12.3 Å². The molecular formula is C20H28N2O3S. The molecule has 1 amide bonds. The fourth-order valence-corrected chi connectivity index (χ4v) is 4.67. The Labute approximate surface area is 157 Å². The van der Waals surface area contributed by atoms with Crippen molar-refractivity contribution in [2.45, 2.75) is 62.9 Å². The summed E-state index contributed by atoms with van der Waals surface area (Å²) in [6.45, 7) is 3.86. The molecule has 5 nitrogen and oxygen atoms in total. The van der Waals surface area contributed by atoms with Gasteiger partial charge in [-0.25, -0.2) is 8.42 Å². The van der Waals surface area contributed by atoms with E-state index < -0.39 is 10.0 Å². The highest BCUT2D eigenvalue weighted by molar-refractivity contribution is 7.89. The summed E-state index contributed by atoms with van der Waals surface area (Å²) < 4.78 is 26.7. The number of benzene rings is 1. The number of sulfonamides is 1. The Morgan fingerprint density at radius 3 is 2.50 bits per heavy atom. The Morgan fingerprint density at radius 1 is 1.27 bits per heavy atom. The van der Waals surface area contributed by atoms with Crippen molar-refractivity contribution in [1.29, 1.82) is 0 Å². The molecule has 0 aromatic heterocycles. The lowest BCUT2D eigenvalue weighted by molar-refractivity contribution is 0.0667. The zero-order valence-corrected chi connectivity index (χ0v) is 16.6. The predicted molar refractivity (Wildman–Crippen MR) is 103 cm³/mol. The van der Waals surface area contributed by atoms with Crippen LogP contribution in [0.4, 0.5) is 0 Å². The van der Waals surface area contributed by atoms with Gasteiger partial charge in [0.15, 0.2) is 0 Å². The molecular weight excluding hydrogens is 348 g/mol. The number of carbonyl (C=O) groups excluding carboxylic acids is 1. The lowest BCUT2D eigenvalue weighted by Crippen LogP contribution is -2.41. The normalized spacial score (nSPS) is 15.8. The first-order chi connectivity index (χ1) is 12.3. The van der Waals surface area contributed by atoms with Crippen LogP contribution < -0.4 is 0 Å². The monoisotopic (exact) mass is 376 g/mol. The van der Waals surface area contributed by atoms with Crippen molar-refractivity contribution in [3.63, 3.8) is 0 Å². The number of rotatable bonds is 6. The second-order valence-electron chi connectivity index (χ2n) is 7.07. The van der Waals surface area contributed by atoms with Crippen LogP contribution >= 0.6 is 0 Å². The van der Waals surface area contributed by atoms with E-state index in [1.54, 1.807) is 24.1 Å². The molecule has 0 bridgehead atoms. The van der Waals surface area contributed by atoms with E-state index in [0.717, 1.165) is 25.7 Å². The topological polar surface area (TPSA) is 57.7 Å². The molecule has 1 aromatic rings. The molecule has 6 heteroatoms. The van der Waals surface area contributed by atoms with E-state index in [0.29, 0.717) is 5.56 Å². The average Bonchev–Trinajstić information content (AvgIpc) is 2.65. The third kappa shape index (κ3) is 4.46. The van der Waals surface area contributed by atoms with Crippen LogP contribution in [0, 0.1) is 12.3 Å². The molecule has 0 unspecified atom stereocenters. The van der Waals surface area contributed by atoms with Crippen molar-refractivity contribution in [1.82, 2.24) is 9.21 Å². The smallest absolute Gasteiger partial charge is 0.254 e. The van der Waals surface area contributed by atoms with Crippen molar-refractivity contribution in [2.75, 3.05) is 13.6 Å². The molecule has 0 spiro atoms. The number of nitrogens with zero attached hydrogens (tertiary/aromatic N) is 2. The third-order valence-corrected chi connectivity index (χ3v) is 7.05. The van der Waals surface area contributed by atoms with Gasteiger partial charge in [-0.2, -0.15) is 4.31 Å². The molecule has 1 fully saturated rings. The highest BCUT2D eigenvalue weighted by Gasteiger charge is 2.28. The van der Waals surface area contributed by atoms with Gasteiger partial charge < -0.3 is 4.90 Å². The molecule has 2 rings (SSSR count). The van der Waals surface area contributed by atoms with Crippen LogP contribution in [-0.4, -0.2) is 49.2 Å². The van der Waals surface area contributed by atoms with Gasteiger partial charge in [0.2, 0.25) is 10.0 Å². The van der Waals surface area contributed by atoms with Crippen LogP contribution in [0.5, 0.6) is 0 Å². The summed E-state index contributed by atoms with van der Waals surface area (Å²) in [7, 11) is -2.09. The Balaban J connectivity index is 2.32. The molecule has 0 heterocycles. The minimum atomic E-state index is -3.63. The van der Waals surface area contributed by atoms with Crippen LogP contribution in [0.2, 0.25) is 0 Å². The molecule has 0 radical (unpaired) electrons.